The monoisotopic (exact) mass is 373 g/mol. The summed E-state index contributed by atoms with van der Waals surface area (Å²) in [6.07, 6.45) is 2.29. The molecule has 0 bridgehead atoms. The molecule has 130 valence electrons. The Morgan fingerprint density at radius 3 is 2.92 bits per heavy atom. The fraction of sp³-hybridized carbons (Fsp3) is 0.368. The fourth-order valence-electron chi connectivity index (χ4n) is 3.47. The molecule has 6 heteroatoms. The first-order valence-corrected chi connectivity index (χ1v) is 9.77. The Bertz CT molecular complexity index is 945. The number of halogens is 1. The van der Waals surface area contributed by atoms with E-state index in [1.54, 1.807) is 0 Å². The molecule has 1 amide bonds. The van der Waals surface area contributed by atoms with Crippen molar-refractivity contribution in [1.29, 1.82) is 0 Å². The van der Waals surface area contributed by atoms with Gasteiger partial charge >= 0.3 is 0 Å². The molecule has 0 aliphatic carbocycles. The van der Waals surface area contributed by atoms with Crippen molar-refractivity contribution in [3.05, 3.63) is 45.9 Å². The maximum Gasteiger partial charge on any atom is 0.264 e. The summed E-state index contributed by atoms with van der Waals surface area (Å²) in [5, 5.41) is 6.30. The van der Waals surface area contributed by atoms with E-state index in [0.717, 1.165) is 46.0 Å². The van der Waals surface area contributed by atoms with E-state index in [1.165, 1.54) is 17.8 Å². The molecule has 3 aromatic rings. The molecule has 3 heterocycles. The molecular weight excluding hydrogens is 354 g/mol. The Hall–Kier alpha value is -1.85. The molecule has 4 nitrogen and oxygen atoms in total. The Morgan fingerprint density at radius 2 is 2.16 bits per heavy atom. The number of amides is 1. The zero-order valence-electron chi connectivity index (χ0n) is 14.3. The van der Waals surface area contributed by atoms with Crippen LogP contribution in [-0.2, 0) is 0 Å². The van der Waals surface area contributed by atoms with Crippen LogP contribution in [-0.4, -0.2) is 33.7 Å². The molecule has 4 rings (SSSR count). The van der Waals surface area contributed by atoms with Crippen LogP contribution in [0.5, 0.6) is 0 Å². The minimum absolute atomic E-state index is 0.137. The lowest BCUT2D eigenvalue weighted by Crippen LogP contribution is -2.38. The molecule has 1 saturated heterocycles. The fourth-order valence-corrected chi connectivity index (χ4v) is 4.83. The van der Waals surface area contributed by atoms with Crippen molar-refractivity contribution in [2.45, 2.75) is 26.7 Å². The van der Waals surface area contributed by atoms with Crippen molar-refractivity contribution in [2.75, 3.05) is 13.1 Å². The van der Waals surface area contributed by atoms with E-state index < -0.39 is 0 Å². The number of nitrogens with zero attached hydrogens (tertiary/aromatic N) is 3. The van der Waals surface area contributed by atoms with Gasteiger partial charge in [0.25, 0.3) is 5.91 Å². The molecule has 1 fully saturated rings. The van der Waals surface area contributed by atoms with E-state index in [1.807, 2.05) is 46.8 Å². The minimum atomic E-state index is 0.137. The summed E-state index contributed by atoms with van der Waals surface area (Å²) in [4.78, 5) is 16.7. The number of carbonyl (C=O) groups excluding carboxylic acids is 1. The van der Waals surface area contributed by atoms with Crippen LogP contribution in [0, 0.1) is 12.8 Å². The van der Waals surface area contributed by atoms with Crippen LogP contribution in [0.4, 0.5) is 0 Å². The number of likely N-dealkylation sites (tertiary alicyclic amines) is 1. The van der Waals surface area contributed by atoms with Gasteiger partial charge in [-0.25, -0.2) is 4.68 Å². The van der Waals surface area contributed by atoms with Crippen molar-refractivity contribution < 1.29 is 4.79 Å². The largest absolute Gasteiger partial charge is 0.338 e. The summed E-state index contributed by atoms with van der Waals surface area (Å²) in [7, 11) is 0. The average Bonchev–Trinajstić information content (AvgIpc) is 3.16. The predicted molar refractivity (Wildman–Crippen MR) is 103 cm³/mol. The number of carbonyl (C=O) groups is 1. The van der Waals surface area contributed by atoms with Gasteiger partial charge in [0, 0.05) is 18.5 Å². The number of aromatic nitrogens is 2. The molecule has 0 N–H and O–H groups in total. The molecule has 1 aliphatic rings. The molecule has 1 aromatic carbocycles. The van der Waals surface area contributed by atoms with Crippen molar-refractivity contribution in [3.8, 4) is 5.69 Å². The van der Waals surface area contributed by atoms with E-state index in [9.17, 15) is 4.79 Å². The first kappa shape index (κ1) is 16.6. The molecule has 0 radical (unpaired) electrons. The maximum atomic E-state index is 12.9. The number of hydrogen-bond donors (Lipinski definition) is 0. The van der Waals surface area contributed by atoms with Gasteiger partial charge in [-0.15, -0.1) is 11.3 Å². The van der Waals surface area contributed by atoms with Gasteiger partial charge in [0.05, 0.1) is 21.3 Å². The third-order valence-electron chi connectivity index (χ3n) is 4.78. The van der Waals surface area contributed by atoms with Crippen molar-refractivity contribution in [3.63, 3.8) is 0 Å². The third-order valence-corrected chi connectivity index (χ3v) is 6.20. The van der Waals surface area contributed by atoms with Crippen molar-refractivity contribution in [1.82, 2.24) is 14.7 Å². The van der Waals surface area contributed by atoms with Crippen molar-refractivity contribution >= 4 is 39.1 Å². The highest BCUT2D eigenvalue weighted by atomic mass is 35.5. The zero-order chi connectivity index (χ0) is 17.6. The van der Waals surface area contributed by atoms with E-state index in [0.29, 0.717) is 10.9 Å². The normalized spacial score (nSPS) is 18.0. The molecule has 0 spiro atoms. The van der Waals surface area contributed by atoms with Crippen LogP contribution in [0.2, 0.25) is 5.02 Å². The summed E-state index contributed by atoms with van der Waals surface area (Å²) < 4.78 is 1.85. The summed E-state index contributed by atoms with van der Waals surface area (Å²) >= 11 is 7.85. The van der Waals surface area contributed by atoms with Crippen LogP contribution >= 0.6 is 22.9 Å². The number of benzene rings is 1. The third kappa shape index (κ3) is 2.96. The lowest BCUT2D eigenvalue weighted by Gasteiger charge is -2.30. The van der Waals surface area contributed by atoms with E-state index in [4.69, 9.17) is 11.6 Å². The summed E-state index contributed by atoms with van der Waals surface area (Å²) in [6, 6.07) is 9.63. The SMILES string of the molecule is Cc1nn(-c2ccccc2Cl)c2sc(C(=O)N3CCCC(C)C3)cc12. The smallest absolute Gasteiger partial charge is 0.264 e. The van der Waals surface area contributed by atoms with Gasteiger partial charge in [0.2, 0.25) is 0 Å². The molecule has 2 aromatic heterocycles. The van der Waals surface area contributed by atoms with Crippen molar-refractivity contribution in [2.24, 2.45) is 5.92 Å². The second kappa shape index (κ2) is 6.46. The maximum absolute atomic E-state index is 12.9. The van der Waals surface area contributed by atoms with Gasteiger partial charge in [-0.1, -0.05) is 30.7 Å². The number of thiophene rings is 1. The lowest BCUT2D eigenvalue weighted by atomic mass is 10.0. The quantitative estimate of drug-likeness (QED) is 0.639. The van der Waals surface area contributed by atoms with Gasteiger partial charge in [0.15, 0.2) is 0 Å². The van der Waals surface area contributed by atoms with E-state index in [2.05, 4.69) is 12.0 Å². The number of fused-ring (bicyclic) bond motifs is 1. The Balaban J connectivity index is 1.75. The number of rotatable bonds is 2. The molecule has 1 aliphatic heterocycles. The number of aryl methyl sites for hydroxylation is 1. The average molecular weight is 374 g/mol. The highest BCUT2D eigenvalue weighted by Gasteiger charge is 2.25. The number of hydrogen-bond acceptors (Lipinski definition) is 3. The van der Waals surface area contributed by atoms with E-state index >= 15 is 0 Å². The minimum Gasteiger partial charge on any atom is -0.338 e. The first-order valence-electron chi connectivity index (χ1n) is 8.58. The van der Waals surface area contributed by atoms with E-state index in [-0.39, 0.29) is 5.91 Å². The van der Waals surface area contributed by atoms with Gasteiger partial charge in [-0.3, -0.25) is 4.79 Å². The zero-order valence-corrected chi connectivity index (χ0v) is 15.9. The van der Waals surface area contributed by atoms with Gasteiger partial charge < -0.3 is 4.90 Å². The first-order chi connectivity index (χ1) is 12.0. The van der Waals surface area contributed by atoms with Crippen LogP contribution in [0.3, 0.4) is 0 Å². The number of piperidine rings is 1. The van der Waals surface area contributed by atoms with Gasteiger partial charge in [-0.2, -0.15) is 5.10 Å². The van der Waals surface area contributed by atoms with Gasteiger partial charge in [-0.05, 0) is 43.9 Å². The predicted octanol–water partition coefficient (Wildman–Crippen LogP) is 4.92. The Kier molecular flexibility index (Phi) is 4.29. The topological polar surface area (TPSA) is 38.1 Å². The van der Waals surface area contributed by atoms with Crippen LogP contribution in [0.25, 0.3) is 15.9 Å². The molecule has 1 atom stereocenters. The lowest BCUT2D eigenvalue weighted by molar-refractivity contribution is 0.0688. The van der Waals surface area contributed by atoms with Crippen LogP contribution in [0.15, 0.2) is 30.3 Å². The molecule has 0 saturated carbocycles. The second-order valence-electron chi connectivity index (χ2n) is 6.78. The number of para-hydroxylation sites is 1. The molecule has 1 unspecified atom stereocenters. The Morgan fingerprint density at radius 1 is 1.36 bits per heavy atom. The van der Waals surface area contributed by atoms with Crippen LogP contribution in [0.1, 0.15) is 35.1 Å². The highest BCUT2D eigenvalue weighted by Crippen LogP contribution is 2.33. The van der Waals surface area contributed by atoms with Crippen LogP contribution < -0.4 is 0 Å². The van der Waals surface area contributed by atoms with Gasteiger partial charge in [0.1, 0.15) is 4.83 Å². The Labute approximate surface area is 156 Å². The summed E-state index contributed by atoms with van der Waals surface area (Å²) in [5.74, 6) is 0.713. The summed E-state index contributed by atoms with van der Waals surface area (Å²) in [6.45, 7) is 5.89. The standard InChI is InChI=1S/C19H20ClN3OS/c1-12-6-5-9-22(11-12)18(24)17-10-14-13(2)21-23(19(14)25-17)16-8-4-3-7-15(16)20/h3-4,7-8,10,12H,5-6,9,11H2,1-2H3. The molecular formula is C19H20ClN3OS. The summed E-state index contributed by atoms with van der Waals surface area (Å²) in [5.41, 5.74) is 1.76. The molecule has 25 heavy (non-hydrogen) atoms. The highest BCUT2D eigenvalue weighted by molar-refractivity contribution is 7.20. The second-order valence-corrected chi connectivity index (χ2v) is 8.21.